The molecule has 1 aromatic heterocycles. The molecule has 1 atom stereocenters. The molecule has 0 spiro atoms. The molecule has 0 saturated carbocycles. The number of rotatable bonds is 4. The molecule has 8 nitrogen and oxygen atoms in total. The SMILES string of the molecule is Cc1nnsc1C(=O)N1CCC(CNC(=O)C2COc3ccccc3O2)CC1. The second-order valence-electron chi connectivity index (χ2n) is 7.03. The number of piperidine rings is 1. The number of amides is 2. The maximum Gasteiger partial charge on any atom is 0.267 e. The summed E-state index contributed by atoms with van der Waals surface area (Å²) in [6.45, 7) is 3.93. The first kappa shape index (κ1) is 18.7. The van der Waals surface area contributed by atoms with E-state index in [9.17, 15) is 9.59 Å². The number of nitrogens with zero attached hydrogens (tertiary/aromatic N) is 3. The predicted octanol–water partition coefficient (Wildman–Crippen LogP) is 1.65. The first-order valence-corrected chi connectivity index (χ1v) is 10.1. The third-order valence-corrected chi connectivity index (χ3v) is 5.93. The number of likely N-dealkylation sites (tertiary alicyclic amines) is 1. The molecule has 2 aliphatic rings. The molecule has 2 aromatic rings. The lowest BCUT2D eigenvalue weighted by molar-refractivity contribution is -0.130. The Hall–Kier alpha value is -2.68. The van der Waals surface area contributed by atoms with E-state index in [0.717, 1.165) is 24.4 Å². The van der Waals surface area contributed by atoms with E-state index < -0.39 is 6.10 Å². The van der Waals surface area contributed by atoms with Gasteiger partial charge in [-0.2, -0.15) is 0 Å². The number of carbonyl (C=O) groups excluding carboxylic acids is 2. The van der Waals surface area contributed by atoms with Crippen LogP contribution in [0.15, 0.2) is 24.3 Å². The van der Waals surface area contributed by atoms with Gasteiger partial charge in [-0.1, -0.05) is 16.6 Å². The fourth-order valence-corrected chi connectivity index (χ4v) is 4.04. The van der Waals surface area contributed by atoms with Crippen LogP contribution in [0.1, 0.15) is 28.2 Å². The minimum absolute atomic E-state index is 0.00130. The van der Waals surface area contributed by atoms with Crippen LogP contribution < -0.4 is 14.8 Å². The van der Waals surface area contributed by atoms with E-state index in [1.807, 2.05) is 23.1 Å². The van der Waals surface area contributed by atoms with Crippen LogP contribution in [-0.4, -0.2) is 58.6 Å². The molecule has 1 aromatic carbocycles. The van der Waals surface area contributed by atoms with Gasteiger partial charge in [0.25, 0.3) is 11.8 Å². The maximum absolute atomic E-state index is 12.5. The number of aryl methyl sites for hydroxylation is 1. The van der Waals surface area contributed by atoms with Gasteiger partial charge in [0, 0.05) is 19.6 Å². The van der Waals surface area contributed by atoms with Crippen LogP contribution in [0.3, 0.4) is 0 Å². The summed E-state index contributed by atoms with van der Waals surface area (Å²) < 4.78 is 15.2. The van der Waals surface area contributed by atoms with E-state index >= 15 is 0 Å². The number of benzene rings is 1. The largest absolute Gasteiger partial charge is 0.485 e. The van der Waals surface area contributed by atoms with E-state index in [4.69, 9.17) is 9.47 Å². The van der Waals surface area contributed by atoms with E-state index in [0.29, 0.717) is 47.6 Å². The summed E-state index contributed by atoms with van der Waals surface area (Å²) in [5.41, 5.74) is 0.681. The van der Waals surface area contributed by atoms with Crippen LogP contribution >= 0.6 is 11.5 Å². The summed E-state index contributed by atoms with van der Waals surface area (Å²) >= 11 is 1.14. The van der Waals surface area contributed by atoms with Crippen LogP contribution in [0.4, 0.5) is 0 Å². The zero-order valence-electron chi connectivity index (χ0n) is 15.6. The Morgan fingerprint density at radius 3 is 2.71 bits per heavy atom. The molecule has 2 aliphatic heterocycles. The van der Waals surface area contributed by atoms with Crippen LogP contribution in [0.2, 0.25) is 0 Å². The normalized spacial score (nSPS) is 19.3. The molecule has 0 radical (unpaired) electrons. The monoisotopic (exact) mass is 402 g/mol. The van der Waals surface area contributed by atoms with Gasteiger partial charge >= 0.3 is 0 Å². The Kier molecular flexibility index (Phi) is 5.43. The van der Waals surface area contributed by atoms with Gasteiger partial charge in [-0.15, -0.1) is 5.10 Å². The first-order valence-electron chi connectivity index (χ1n) is 9.36. The van der Waals surface area contributed by atoms with Gasteiger partial charge in [-0.25, -0.2) is 0 Å². The minimum atomic E-state index is -0.640. The van der Waals surface area contributed by atoms with Crippen molar-refractivity contribution < 1.29 is 19.1 Å². The van der Waals surface area contributed by atoms with Gasteiger partial charge in [0.05, 0.1) is 5.69 Å². The van der Waals surface area contributed by atoms with Crippen molar-refractivity contribution in [1.82, 2.24) is 19.8 Å². The highest BCUT2D eigenvalue weighted by molar-refractivity contribution is 7.07. The summed E-state index contributed by atoms with van der Waals surface area (Å²) in [6.07, 6.45) is 1.06. The Morgan fingerprint density at radius 2 is 2.00 bits per heavy atom. The summed E-state index contributed by atoms with van der Waals surface area (Å²) in [7, 11) is 0. The number of aromatic nitrogens is 2. The minimum Gasteiger partial charge on any atom is -0.485 e. The number of hydrogen-bond acceptors (Lipinski definition) is 7. The molecule has 1 unspecified atom stereocenters. The van der Waals surface area contributed by atoms with Crippen molar-refractivity contribution in [3.63, 3.8) is 0 Å². The van der Waals surface area contributed by atoms with Crippen molar-refractivity contribution in [2.75, 3.05) is 26.2 Å². The second-order valence-corrected chi connectivity index (χ2v) is 7.79. The average Bonchev–Trinajstić information content (AvgIpc) is 3.17. The number of para-hydroxylation sites is 2. The molecule has 9 heteroatoms. The smallest absolute Gasteiger partial charge is 0.267 e. The van der Waals surface area contributed by atoms with E-state index in [-0.39, 0.29) is 18.4 Å². The molecular weight excluding hydrogens is 380 g/mol. The van der Waals surface area contributed by atoms with Crippen LogP contribution in [0.25, 0.3) is 0 Å². The van der Waals surface area contributed by atoms with E-state index in [1.54, 1.807) is 13.0 Å². The van der Waals surface area contributed by atoms with E-state index in [1.165, 1.54) is 0 Å². The van der Waals surface area contributed by atoms with Crippen molar-refractivity contribution in [2.45, 2.75) is 25.9 Å². The molecule has 3 heterocycles. The third-order valence-electron chi connectivity index (χ3n) is 5.11. The predicted molar refractivity (Wildman–Crippen MR) is 103 cm³/mol. The van der Waals surface area contributed by atoms with Gasteiger partial charge < -0.3 is 19.7 Å². The molecule has 1 saturated heterocycles. The van der Waals surface area contributed by atoms with Crippen molar-refractivity contribution in [1.29, 1.82) is 0 Å². The molecule has 0 aliphatic carbocycles. The fourth-order valence-electron chi connectivity index (χ4n) is 3.42. The van der Waals surface area contributed by atoms with Gasteiger partial charge in [-0.3, -0.25) is 9.59 Å². The first-order chi connectivity index (χ1) is 13.6. The number of ether oxygens (including phenoxy) is 2. The fraction of sp³-hybridized carbons (Fsp3) is 0.474. The maximum atomic E-state index is 12.5. The van der Waals surface area contributed by atoms with Crippen LogP contribution in [0, 0.1) is 12.8 Å². The van der Waals surface area contributed by atoms with Crippen molar-refractivity contribution in [3.8, 4) is 11.5 Å². The Bertz CT molecular complexity index is 863. The standard InChI is InChI=1S/C19H22N4O4S/c1-12-17(28-22-21-12)19(25)23-8-6-13(7-9-23)10-20-18(24)16-11-26-14-4-2-3-5-15(14)27-16/h2-5,13,16H,6-11H2,1H3,(H,20,24). The van der Waals surface area contributed by atoms with Crippen molar-refractivity contribution >= 4 is 23.3 Å². The van der Waals surface area contributed by atoms with Crippen molar-refractivity contribution in [3.05, 3.63) is 34.8 Å². The summed E-state index contributed by atoms with van der Waals surface area (Å²) in [5.74, 6) is 1.43. The highest BCUT2D eigenvalue weighted by atomic mass is 32.1. The summed E-state index contributed by atoms with van der Waals surface area (Å²) in [4.78, 5) is 27.4. The molecule has 28 heavy (non-hydrogen) atoms. The lowest BCUT2D eigenvalue weighted by Gasteiger charge is -2.32. The van der Waals surface area contributed by atoms with Gasteiger partial charge in [0.15, 0.2) is 11.5 Å². The molecule has 1 N–H and O–H groups in total. The van der Waals surface area contributed by atoms with Crippen molar-refractivity contribution in [2.24, 2.45) is 5.92 Å². The summed E-state index contributed by atoms with van der Waals surface area (Å²) in [5, 5.41) is 6.87. The topological polar surface area (TPSA) is 93.7 Å². The Balaban J connectivity index is 1.23. The van der Waals surface area contributed by atoms with Gasteiger partial charge in [0.1, 0.15) is 11.5 Å². The van der Waals surface area contributed by atoms with Crippen LogP contribution in [-0.2, 0) is 4.79 Å². The lowest BCUT2D eigenvalue weighted by Crippen LogP contribution is -2.47. The second kappa shape index (κ2) is 8.14. The lowest BCUT2D eigenvalue weighted by atomic mass is 9.96. The number of nitrogens with one attached hydrogen (secondary N) is 1. The number of hydrogen-bond donors (Lipinski definition) is 1. The third kappa shape index (κ3) is 3.94. The summed E-state index contributed by atoms with van der Waals surface area (Å²) in [6, 6.07) is 7.33. The molecule has 4 rings (SSSR count). The quantitative estimate of drug-likeness (QED) is 0.836. The zero-order valence-corrected chi connectivity index (χ0v) is 16.4. The van der Waals surface area contributed by atoms with Crippen LogP contribution in [0.5, 0.6) is 11.5 Å². The van der Waals surface area contributed by atoms with Gasteiger partial charge in [-0.05, 0) is 49.3 Å². The number of carbonyl (C=O) groups is 2. The molecule has 148 valence electrons. The van der Waals surface area contributed by atoms with Gasteiger partial charge in [0.2, 0.25) is 6.10 Å². The Morgan fingerprint density at radius 1 is 1.25 bits per heavy atom. The molecule has 0 bridgehead atoms. The average molecular weight is 402 g/mol. The Labute approximate surface area is 167 Å². The molecule has 2 amide bonds. The zero-order chi connectivity index (χ0) is 19.5. The molecule has 1 fully saturated rings. The number of fused-ring (bicyclic) bond motifs is 1. The highest BCUT2D eigenvalue weighted by Crippen LogP contribution is 2.31. The highest BCUT2D eigenvalue weighted by Gasteiger charge is 2.29. The molecular formula is C19H22N4O4S. The van der Waals surface area contributed by atoms with E-state index in [2.05, 4.69) is 14.9 Å².